The monoisotopic (exact) mass is 346 g/mol. The normalized spacial score (nSPS) is 12.0. The average molecular weight is 346 g/mol. The smallest absolute Gasteiger partial charge is 0.156 e. The zero-order chi connectivity index (χ0) is 18.5. The van der Waals surface area contributed by atoms with E-state index in [0.29, 0.717) is 0 Å². The van der Waals surface area contributed by atoms with Gasteiger partial charge in [-0.15, -0.1) is 0 Å². The van der Waals surface area contributed by atoms with E-state index < -0.39 is 0 Å². The fraction of sp³-hybridized carbons (Fsp3) is 0.238. The lowest BCUT2D eigenvalue weighted by molar-refractivity contribution is 0.477. The Kier molecular flexibility index (Phi) is 3.61. The maximum atomic E-state index is 10.1. The predicted molar refractivity (Wildman–Crippen MR) is 104 cm³/mol. The predicted octanol–water partition coefficient (Wildman–Crippen LogP) is 4.63. The minimum absolute atomic E-state index is 0.0139. The van der Waals surface area contributed by atoms with E-state index in [4.69, 9.17) is 4.98 Å². The van der Waals surface area contributed by atoms with Gasteiger partial charge in [0.15, 0.2) is 5.82 Å². The van der Waals surface area contributed by atoms with Gasteiger partial charge in [-0.1, -0.05) is 45.0 Å². The Labute approximate surface area is 152 Å². The fourth-order valence-electron chi connectivity index (χ4n) is 3.07. The Morgan fingerprint density at radius 3 is 2.50 bits per heavy atom. The number of aromatic nitrogens is 4. The number of benzene rings is 2. The van der Waals surface area contributed by atoms with Crippen LogP contribution in [-0.4, -0.2) is 24.9 Å². The Bertz CT molecular complexity index is 1100. The van der Waals surface area contributed by atoms with Gasteiger partial charge in [0, 0.05) is 18.0 Å². The second-order valence-electron chi connectivity index (χ2n) is 7.62. The summed E-state index contributed by atoms with van der Waals surface area (Å²) in [6.45, 7) is 6.45. The lowest BCUT2D eigenvalue weighted by atomic mass is 9.92. The minimum atomic E-state index is -0.0139. The molecular weight excluding hydrogens is 324 g/mol. The maximum Gasteiger partial charge on any atom is 0.156 e. The van der Waals surface area contributed by atoms with Crippen LogP contribution in [-0.2, 0) is 12.5 Å². The summed E-state index contributed by atoms with van der Waals surface area (Å²) < 4.78 is 1.86. The lowest BCUT2D eigenvalue weighted by Gasteiger charge is -2.13. The van der Waals surface area contributed by atoms with Gasteiger partial charge in [0.2, 0.25) is 0 Å². The molecule has 0 atom stereocenters. The van der Waals surface area contributed by atoms with E-state index in [1.54, 1.807) is 6.07 Å². The molecule has 132 valence electrons. The van der Waals surface area contributed by atoms with Gasteiger partial charge in [0.05, 0.1) is 16.7 Å². The first-order valence-electron chi connectivity index (χ1n) is 8.66. The van der Waals surface area contributed by atoms with Gasteiger partial charge >= 0.3 is 0 Å². The number of hydrogen-bond acceptors (Lipinski definition) is 3. The Balaban J connectivity index is 1.80. The number of phenols is 1. The van der Waals surface area contributed by atoms with Crippen molar-refractivity contribution in [1.82, 2.24) is 19.7 Å². The summed E-state index contributed by atoms with van der Waals surface area (Å²) in [5.74, 6) is 1.06. The van der Waals surface area contributed by atoms with E-state index >= 15 is 0 Å². The van der Waals surface area contributed by atoms with E-state index in [9.17, 15) is 5.11 Å². The molecule has 0 unspecified atom stereocenters. The van der Waals surface area contributed by atoms with Crippen LogP contribution in [0.25, 0.3) is 33.7 Å². The number of nitrogens with one attached hydrogen (secondary N) is 1. The Morgan fingerprint density at radius 1 is 1.04 bits per heavy atom. The quantitative estimate of drug-likeness (QED) is 0.556. The number of rotatable bonds is 2. The molecule has 0 radical (unpaired) electrons. The molecule has 2 heterocycles. The van der Waals surface area contributed by atoms with E-state index in [-0.39, 0.29) is 11.2 Å². The minimum Gasteiger partial charge on any atom is -0.507 e. The van der Waals surface area contributed by atoms with Crippen molar-refractivity contribution in [2.75, 3.05) is 0 Å². The van der Waals surface area contributed by atoms with Crippen LogP contribution in [0.3, 0.4) is 0 Å². The van der Waals surface area contributed by atoms with Crippen molar-refractivity contribution >= 4 is 11.0 Å². The molecule has 4 rings (SSSR count). The molecule has 0 aliphatic carbocycles. The topological polar surface area (TPSA) is 66.7 Å². The van der Waals surface area contributed by atoms with Crippen LogP contribution in [0.15, 0.2) is 48.5 Å². The highest BCUT2D eigenvalue weighted by molar-refractivity contribution is 5.85. The van der Waals surface area contributed by atoms with Crippen LogP contribution in [0.1, 0.15) is 26.5 Å². The van der Waals surface area contributed by atoms with Crippen molar-refractivity contribution in [2.24, 2.45) is 7.05 Å². The number of H-pyrrole nitrogens is 1. The number of nitrogens with zero attached hydrogens (tertiary/aromatic N) is 3. The third kappa shape index (κ3) is 2.75. The third-order valence-electron chi connectivity index (χ3n) is 4.59. The summed E-state index contributed by atoms with van der Waals surface area (Å²) in [4.78, 5) is 8.11. The Hall–Kier alpha value is -3.08. The summed E-state index contributed by atoms with van der Waals surface area (Å²) in [5.41, 5.74) is 5.55. The van der Waals surface area contributed by atoms with Gasteiger partial charge in [-0.3, -0.25) is 4.68 Å². The molecule has 0 aliphatic heterocycles. The van der Waals surface area contributed by atoms with E-state index in [0.717, 1.165) is 39.4 Å². The summed E-state index contributed by atoms with van der Waals surface area (Å²) in [7, 11) is 1.94. The number of fused-ring (bicyclic) bond motifs is 1. The molecule has 0 amide bonds. The number of phenolic OH excluding ortho intramolecular Hbond substituents is 1. The van der Waals surface area contributed by atoms with Crippen molar-refractivity contribution in [3.63, 3.8) is 0 Å². The molecule has 0 bridgehead atoms. The Morgan fingerprint density at radius 2 is 1.81 bits per heavy atom. The van der Waals surface area contributed by atoms with Gasteiger partial charge < -0.3 is 10.1 Å². The van der Waals surface area contributed by atoms with Crippen LogP contribution in [0.4, 0.5) is 0 Å². The summed E-state index contributed by atoms with van der Waals surface area (Å²) in [5, 5.41) is 14.7. The molecule has 5 nitrogen and oxygen atoms in total. The molecule has 2 aromatic heterocycles. The second-order valence-corrected chi connectivity index (χ2v) is 7.62. The SMILES string of the molecule is Cn1nc(C(C)(C)C)cc1-c1nc2ccc(-c3ccccc3O)cc2[nH]1. The molecule has 2 aromatic carbocycles. The number of aromatic amines is 1. The van der Waals surface area contributed by atoms with Crippen LogP contribution in [0, 0.1) is 0 Å². The van der Waals surface area contributed by atoms with Gasteiger partial charge in [0.25, 0.3) is 0 Å². The third-order valence-corrected chi connectivity index (χ3v) is 4.59. The molecule has 4 aromatic rings. The van der Waals surface area contributed by atoms with Crippen molar-refractivity contribution in [1.29, 1.82) is 0 Å². The van der Waals surface area contributed by atoms with Crippen LogP contribution in [0.5, 0.6) is 5.75 Å². The number of imidazole rings is 1. The van der Waals surface area contributed by atoms with Crippen molar-refractivity contribution in [3.05, 3.63) is 54.2 Å². The number of aryl methyl sites for hydroxylation is 1. The molecule has 0 saturated carbocycles. The summed E-state index contributed by atoms with van der Waals surface area (Å²) in [6, 6.07) is 15.4. The van der Waals surface area contributed by atoms with Gasteiger partial charge in [-0.25, -0.2) is 4.98 Å². The van der Waals surface area contributed by atoms with Crippen LogP contribution < -0.4 is 0 Å². The number of para-hydroxylation sites is 1. The van der Waals surface area contributed by atoms with Gasteiger partial charge in [0.1, 0.15) is 11.4 Å². The van der Waals surface area contributed by atoms with Crippen LogP contribution in [0.2, 0.25) is 0 Å². The standard InChI is InChI=1S/C21H22N4O/c1-21(2,3)19-12-17(25(4)24-19)20-22-15-10-9-13(11-16(15)23-20)14-7-5-6-8-18(14)26/h5-12,26H,1-4H3,(H,22,23). The second kappa shape index (κ2) is 5.73. The molecule has 5 heteroatoms. The fourth-order valence-corrected chi connectivity index (χ4v) is 3.07. The van der Waals surface area contributed by atoms with Gasteiger partial charge in [-0.2, -0.15) is 5.10 Å². The first-order valence-corrected chi connectivity index (χ1v) is 8.66. The van der Waals surface area contributed by atoms with Crippen molar-refractivity contribution in [2.45, 2.75) is 26.2 Å². The molecule has 0 spiro atoms. The number of aromatic hydroxyl groups is 1. The zero-order valence-electron chi connectivity index (χ0n) is 15.4. The highest BCUT2D eigenvalue weighted by atomic mass is 16.3. The molecule has 0 saturated heterocycles. The van der Waals surface area contributed by atoms with Gasteiger partial charge in [-0.05, 0) is 29.8 Å². The van der Waals surface area contributed by atoms with Crippen molar-refractivity contribution in [3.8, 4) is 28.4 Å². The first kappa shape index (κ1) is 16.4. The molecular formula is C21H22N4O. The highest BCUT2D eigenvalue weighted by Crippen LogP contribution is 2.32. The summed E-state index contributed by atoms with van der Waals surface area (Å²) in [6.07, 6.45) is 0. The largest absolute Gasteiger partial charge is 0.507 e. The molecule has 26 heavy (non-hydrogen) atoms. The maximum absolute atomic E-state index is 10.1. The number of hydrogen-bond donors (Lipinski definition) is 2. The molecule has 0 aliphatic rings. The average Bonchev–Trinajstić information content (AvgIpc) is 3.17. The highest BCUT2D eigenvalue weighted by Gasteiger charge is 2.20. The van der Waals surface area contributed by atoms with E-state index in [1.165, 1.54) is 0 Å². The first-order chi connectivity index (χ1) is 12.3. The molecule has 0 fully saturated rings. The van der Waals surface area contributed by atoms with E-state index in [2.05, 4.69) is 36.9 Å². The zero-order valence-corrected chi connectivity index (χ0v) is 15.4. The van der Waals surface area contributed by atoms with Crippen molar-refractivity contribution < 1.29 is 5.11 Å². The van der Waals surface area contributed by atoms with Crippen LogP contribution >= 0.6 is 0 Å². The van der Waals surface area contributed by atoms with E-state index in [1.807, 2.05) is 48.1 Å². The summed E-state index contributed by atoms with van der Waals surface area (Å²) >= 11 is 0. The molecule has 2 N–H and O–H groups in total. The lowest BCUT2D eigenvalue weighted by Crippen LogP contribution is -2.12.